The Morgan fingerprint density at radius 3 is 2.48 bits per heavy atom. The molecular formula is C17H15F2N3O. The molecule has 4 nitrogen and oxygen atoms in total. The Kier molecular flexibility index (Phi) is 4.06. The summed E-state index contributed by atoms with van der Waals surface area (Å²) in [4.78, 5) is 7.82. The average Bonchev–Trinajstić information content (AvgIpc) is 2.56. The van der Waals surface area contributed by atoms with Crippen LogP contribution in [0.3, 0.4) is 0 Å². The lowest BCUT2D eigenvalue weighted by atomic mass is 10.0. The van der Waals surface area contributed by atoms with Gasteiger partial charge in [-0.05, 0) is 35.7 Å². The molecule has 0 aliphatic carbocycles. The number of rotatable bonds is 4. The van der Waals surface area contributed by atoms with Crippen molar-refractivity contribution in [2.45, 2.75) is 12.8 Å². The van der Waals surface area contributed by atoms with Gasteiger partial charge < -0.3 is 10.4 Å². The van der Waals surface area contributed by atoms with Gasteiger partial charge in [-0.15, -0.1) is 0 Å². The zero-order valence-electron chi connectivity index (χ0n) is 12.4. The lowest BCUT2D eigenvalue weighted by molar-refractivity contribution is 0.475. The van der Waals surface area contributed by atoms with Crippen LogP contribution in [0.5, 0.6) is 5.75 Å². The minimum absolute atomic E-state index is 0.0419. The van der Waals surface area contributed by atoms with E-state index >= 15 is 0 Å². The molecule has 1 heterocycles. The Hall–Kier alpha value is -2.76. The van der Waals surface area contributed by atoms with Crippen LogP contribution < -0.4 is 5.32 Å². The maximum atomic E-state index is 14.0. The Morgan fingerprint density at radius 1 is 1.04 bits per heavy atom. The monoisotopic (exact) mass is 315 g/mol. The standard InChI is InChI=1S/C17H15F2N3O/c1-10(11-2-4-12(23)5-3-11)8-20-17-15-13(18)6-7-14(19)16(15)21-9-22-17/h2-7,9-10,23H,8H2,1H3,(H,20,21,22). The van der Waals surface area contributed by atoms with E-state index in [1.165, 1.54) is 6.33 Å². The van der Waals surface area contributed by atoms with Crippen molar-refractivity contribution in [1.29, 1.82) is 0 Å². The lowest BCUT2D eigenvalue weighted by Gasteiger charge is -2.15. The quantitative estimate of drug-likeness (QED) is 0.768. The van der Waals surface area contributed by atoms with Crippen LogP contribution in [0.2, 0.25) is 0 Å². The molecule has 118 valence electrons. The summed E-state index contributed by atoms with van der Waals surface area (Å²) in [5.74, 6) is -0.594. The normalized spacial score (nSPS) is 12.3. The second-order valence-corrected chi connectivity index (χ2v) is 5.35. The molecule has 0 amide bonds. The Morgan fingerprint density at radius 2 is 1.74 bits per heavy atom. The first-order chi connectivity index (χ1) is 11.1. The average molecular weight is 315 g/mol. The van der Waals surface area contributed by atoms with Crippen LogP contribution in [0, 0.1) is 11.6 Å². The predicted octanol–water partition coefficient (Wildman–Crippen LogP) is 3.83. The fourth-order valence-electron chi connectivity index (χ4n) is 2.41. The molecule has 0 saturated heterocycles. The number of halogens is 2. The van der Waals surface area contributed by atoms with Crippen LogP contribution >= 0.6 is 0 Å². The van der Waals surface area contributed by atoms with Gasteiger partial charge in [0.25, 0.3) is 0 Å². The largest absolute Gasteiger partial charge is 0.508 e. The number of benzene rings is 2. The molecule has 0 spiro atoms. The van der Waals surface area contributed by atoms with Gasteiger partial charge in [0.2, 0.25) is 0 Å². The molecule has 3 rings (SSSR count). The number of phenolic OH excluding ortho intramolecular Hbond substituents is 1. The molecule has 0 bridgehead atoms. The summed E-state index contributed by atoms with van der Waals surface area (Å²) in [5, 5.41) is 12.4. The second kappa shape index (κ2) is 6.16. The Labute approximate surface area is 131 Å². The van der Waals surface area contributed by atoms with Crippen molar-refractivity contribution in [3.8, 4) is 5.75 Å². The second-order valence-electron chi connectivity index (χ2n) is 5.35. The van der Waals surface area contributed by atoms with E-state index in [0.717, 1.165) is 17.7 Å². The molecule has 0 aliphatic heterocycles. The molecule has 6 heteroatoms. The van der Waals surface area contributed by atoms with E-state index in [4.69, 9.17) is 0 Å². The SMILES string of the molecule is CC(CNc1ncnc2c(F)ccc(F)c12)c1ccc(O)cc1. The van der Waals surface area contributed by atoms with Crippen LogP contribution in [-0.2, 0) is 0 Å². The third kappa shape index (κ3) is 3.06. The molecular weight excluding hydrogens is 300 g/mol. The number of hydrogen-bond donors (Lipinski definition) is 2. The molecule has 3 aromatic rings. The lowest BCUT2D eigenvalue weighted by Crippen LogP contribution is -2.11. The van der Waals surface area contributed by atoms with Crippen LogP contribution in [0.1, 0.15) is 18.4 Å². The van der Waals surface area contributed by atoms with E-state index < -0.39 is 11.6 Å². The van der Waals surface area contributed by atoms with Gasteiger partial charge in [-0.3, -0.25) is 0 Å². The van der Waals surface area contributed by atoms with Gasteiger partial charge in [-0.25, -0.2) is 18.7 Å². The fourth-order valence-corrected chi connectivity index (χ4v) is 2.41. The first-order valence-corrected chi connectivity index (χ1v) is 7.18. The van der Waals surface area contributed by atoms with E-state index in [1.807, 2.05) is 19.1 Å². The highest BCUT2D eigenvalue weighted by Crippen LogP contribution is 2.26. The highest BCUT2D eigenvalue weighted by atomic mass is 19.1. The Balaban J connectivity index is 1.85. The number of phenols is 1. The van der Waals surface area contributed by atoms with Gasteiger partial charge in [-0.1, -0.05) is 19.1 Å². The summed E-state index contributed by atoms with van der Waals surface area (Å²) in [5.41, 5.74) is 0.972. The van der Waals surface area contributed by atoms with Crippen molar-refractivity contribution in [1.82, 2.24) is 9.97 Å². The van der Waals surface area contributed by atoms with Crippen molar-refractivity contribution in [3.05, 3.63) is 59.9 Å². The first kappa shape index (κ1) is 15.1. The van der Waals surface area contributed by atoms with E-state index in [2.05, 4.69) is 15.3 Å². The maximum absolute atomic E-state index is 14.0. The first-order valence-electron chi connectivity index (χ1n) is 7.18. The summed E-state index contributed by atoms with van der Waals surface area (Å²) in [6, 6.07) is 8.98. The summed E-state index contributed by atoms with van der Waals surface area (Å²) >= 11 is 0. The highest BCUT2D eigenvalue weighted by Gasteiger charge is 2.14. The number of aromatic hydroxyl groups is 1. The molecule has 0 radical (unpaired) electrons. The molecule has 2 N–H and O–H groups in total. The number of nitrogens with zero attached hydrogens (tertiary/aromatic N) is 2. The summed E-state index contributed by atoms with van der Waals surface area (Å²) in [6.07, 6.45) is 1.21. The minimum atomic E-state index is -0.585. The molecule has 1 aromatic heterocycles. The van der Waals surface area contributed by atoms with Gasteiger partial charge >= 0.3 is 0 Å². The topological polar surface area (TPSA) is 58.0 Å². The number of hydrogen-bond acceptors (Lipinski definition) is 4. The van der Waals surface area contributed by atoms with Gasteiger partial charge in [0, 0.05) is 6.54 Å². The third-order valence-electron chi connectivity index (χ3n) is 3.73. The Bertz CT molecular complexity index is 837. The van der Waals surface area contributed by atoms with Gasteiger partial charge in [-0.2, -0.15) is 0 Å². The van der Waals surface area contributed by atoms with Crippen molar-refractivity contribution in [2.75, 3.05) is 11.9 Å². The van der Waals surface area contributed by atoms with Crippen LogP contribution in [0.4, 0.5) is 14.6 Å². The van der Waals surface area contributed by atoms with Crippen LogP contribution in [0.25, 0.3) is 10.9 Å². The smallest absolute Gasteiger partial charge is 0.149 e. The molecule has 0 fully saturated rings. The summed E-state index contributed by atoms with van der Waals surface area (Å²) < 4.78 is 27.7. The van der Waals surface area contributed by atoms with Crippen LogP contribution in [0.15, 0.2) is 42.7 Å². The number of anilines is 1. The number of aromatic nitrogens is 2. The molecule has 1 unspecified atom stereocenters. The van der Waals surface area contributed by atoms with E-state index in [0.29, 0.717) is 6.54 Å². The predicted molar refractivity (Wildman–Crippen MR) is 84.5 cm³/mol. The van der Waals surface area contributed by atoms with Crippen molar-refractivity contribution in [3.63, 3.8) is 0 Å². The highest BCUT2D eigenvalue weighted by molar-refractivity contribution is 5.89. The van der Waals surface area contributed by atoms with Crippen molar-refractivity contribution in [2.24, 2.45) is 0 Å². The summed E-state index contributed by atoms with van der Waals surface area (Å²) in [6.45, 7) is 2.46. The van der Waals surface area contributed by atoms with Gasteiger partial charge in [0.05, 0.1) is 5.39 Å². The molecule has 0 aliphatic rings. The maximum Gasteiger partial charge on any atom is 0.149 e. The molecule has 0 saturated carbocycles. The molecule has 2 aromatic carbocycles. The van der Waals surface area contributed by atoms with Gasteiger partial charge in [0.15, 0.2) is 0 Å². The number of nitrogens with one attached hydrogen (secondary N) is 1. The number of fused-ring (bicyclic) bond motifs is 1. The van der Waals surface area contributed by atoms with Crippen molar-refractivity contribution < 1.29 is 13.9 Å². The minimum Gasteiger partial charge on any atom is -0.508 e. The fraction of sp³-hybridized carbons (Fsp3) is 0.176. The zero-order chi connectivity index (χ0) is 16.4. The molecule has 23 heavy (non-hydrogen) atoms. The van der Waals surface area contributed by atoms with Crippen molar-refractivity contribution >= 4 is 16.7 Å². The van der Waals surface area contributed by atoms with E-state index in [9.17, 15) is 13.9 Å². The van der Waals surface area contributed by atoms with E-state index in [-0.39, 0.29) is 28.4 Å². The summed E-state index contributed by atoms with van der Waals surface area (Å²) in [7, 11) is 0. The zero-order valence-corrected chi connectivity index (χ0v) is 12.4. The van der Waals surface area contributed by atoms with Crippen LogP contribution in [-0.4, -0.2) is 21.6 Å². The third-order valence-corrected chi connectivity index (χ3v) is 3.73. The van der Waals surface area contributed by atoms with E-state index in [1.54, 1.807) is 12.1 Å². The molecule has 1 atom stereocenters. The van der Waals surface area contributed by atoms with Gasteiger partial charge in [0.1, 0.15) is 35.0 Å².